The molecule has 12 heteroatoms. The highest BCUT2D eigenvalue weighted by molar-refractivity contribution is 5.56. The number of hydrogen-bond acceptors (Lipinski definition) is 12. The van der Waals surface area contributed by atoms with Crippen LogP contribution in [0.3, 0.4) is 0 Å². The molecule has 1 aliphatic heterocycles. The van der Waals surface area contributed by atoms with Gasteiger partial charge in [0.2, 0.25) is 6.29 Å². The second-order valence-corrected chi connectivity index (χ2v) is 8.50. The molecule has 0 amide bonds. The van der Waals surface area contributed by atoms with Crippen LogP contribution in [0.2, 0.25) is 0 Å². The third-order valence-electron chi connectivity index (χ3n) is 6.03. The number of methoxy groups -OCH3 is 2. The minimum absolute atomic E-state index is 0.0856. The van der Waals surface area contributed by atoms with Crippen LogP contribution in [0.4, 0.5) is 0 Å². The summed E-state index contributed by atoms with van der Waals surface area (Å²) in [7, 11) is 2.80. The second-order valence-electron chi connectivity index (χ2n) is 8.50. The summed E-state index contributed by atoms with van der Waals surface area (Å²) in [6, 6.07) is 9.36. The molecular formula is C26H34O12. The SMILES string of the molecule is COc1cc([C@@H](O)[C@H](CO)Oc2ccc(C=CCO)cc2OC)ccc1O[C@@H]1O[C@H](CO)[C@@H](O)[C@@H](O)[C@H]1O. The summed E-state index contributed by atoms with van der Waals surface area (Å²) in [4.78, 5) is 0. The van der Waals surface area contributed by atoms with Crippen molar-refractivity contribution < 1.29 is 59.4 Å². The fraction of sp³-hybridized carbons (Fsp3) is 0.462. The van der Waals surface area contributed by atoms with E-state index in [0.29, 0.717) is 11.3 Å². The van der Waals surface area contributed by atoms with Crippen molar-refractivity contribution in [3.63, 3.8) is 0 Å². The molecule has 1 aliphatic rings. The second kappa shape index (κ2) is 13.7. The van der Waals surface area contributed by atoms with Gasteiger partial charge in [-0.15, -0.1) is 0 Å². The van der Waals surface area contributed by atoms with E-state index in [0.717, 1.165) is 5.56 Å². The summed E-state index contributed by atoms with van der Waals surface area (Å²) in [5.74, 6) is 0.855. The first kappa shape index (κ1) is 29.6. The molecule has 0 aliphatic carbocycles. The van der Waals surface area contributed by atoms with Gasteiger partial charge in [-0.25, -0.2) is 0 Å². The number of hydrogen-bond donors (Lipinski definition) is 7. The van der Waals surface area contributed by atoms with Crippen molar-refractivity contribution >= 4 is 6.08 Å². The minimum Gasteiger partial charge on any atom is -0.493 e. The predicted octanol–water partition coefficient (Wildman–Crippen LogP) is -0.639. The van der Waals surface area contributed by atoms with E-state index in [1.165, 1.54) is 32.4 Å². The Morgan fingerprint density at radius 3 is 2.18 bits per heavy atom. The number of ether oxygens (including phenoxy) is 5. The molecular weight excluding hydrogens is 504 g/mol. The van der Waals surface area contributed by atoms with Gasteiger partial charge >= 0.3 is 0 Å². The minimum atomic E-state index is -1.62. The Balaban J connectivity index is 1.78. The largest absolute Gasteiger partial charge is 0.493 e. The lowest BCUT2D eigenvalue weighted by atomic mass is 9.99. The highest BCUT2D eigenvalue weighted by Gasteiger charge is 2.45. The highest BCUT2D eigenvalue weighted by atomic mass is 16.7. The van der Waals surface area contributed by atoms with Crippen molar-refractivity contribution in [2.24, 2.45) is 0 Å². The summed E-state index contributed by atoms with van der Waals surface area (Å²) in [5.41, 5.74) is 1.06. The van der Waals surface area contributed by atoms with Crippen LogP contribution in [0.15, 0.2) is 42.5 Å². The van der Waals surface area contributed by atoms with Crippen molar-refractivity contribution in [1.29, 1.82) is 0 Å². The van der Waals surface area contributed by atoms with Gasteiger partial charge in [0, 0.05) is 0 Å². The molecule has 3 rings (SSSR count). The van der Waals surface area contributed by atoms with Crippen molar-refractivity contribution in [1.82, 2.24) is 0 Å². The van der Waals surface area contributed by atoms with Crippen molar-refractivity contribution in [2.45, 2.75) is 42.9 Å². The lowest BCUT2D eigenvalue weighted by Gasteiger charge is -2.39. The van der Waals surface area contributed by atoms with Gasteiger partial charge in [0.25, 0.3) is 0 Å². The normalized spacial score (nSPS) is 25.1. The molecule has 7 N–H and O–H groups in total. The average Bonchev–Trinajstić information content (AvgIpc) is 2.94. The van der Waals surface area contributed by atoms with Crippen LogP contribution in [0.1, 0.15) is 17.2 Å². The molecule has 2 aromatic rings. The van der Waals surface area contributed by atoms with E-state index in [4.69, 9.17) is 28.8 Å². The first-order chi connectivity index (χ1) is 18.3. The fourth-order valence-corrected chi connectivity index (χ4v) is 3.91. The molecule has 1 heterocycles. The lowest BCUT2D eigenvalue weighted by Crippen LogP contribution is -2.60. The molecule has 1 saturated heterocycles. The van der Waals surface area contributed by atoms with Gasteiger partial charge in [-0.2, -0.15) is 0 Å². The molecule has 12 nitrogen and oxygen atoms in total. The Labute approximate surface area is 219 Å². The van der Waals surface area contributed by atoms with E-state index in [1.54, 1.807) is 30.4 Å². The standard InChI is InChI=1S/C26H34O12/c1-34-18-10-14(4-3-9-27)5-7-16(18)36-20(12-28)22(30)15-6-8-17(19(11-15)35-2)37-26-25(33)24(32)23(31)21(13-29)38-26/h3-8,10-11,20-33H,9,12-13H2,1-2H3/t20-,21+,22+,23+,24+,25+,26+/m0/s1. The number of aliphatic hydroxyl groups is 7. The Bertz CT molecular complexity index is 1060. The summed E-state index contributed by atoms with van der Waals surface area (Å²) in [5, 5.41) is 69.4. The van der Waals surface area contributed by atoms with E-state index in [-0.39, 0.29) is 23.9 Å². The van der Waals surface area contributed by atoms with Gasteiger partial charge in [-0.1, -0.05) is 24.3 Å². The Morgan fingerprint density at radius 1 is 0.868 bits per heavy atom. The van der Waals surface area contributed by atoms with E-state index in [1.807, 2.05) is 0 Å². The summed E-state index contributed by atoms with van der Waals surface area (Å²) in [6.07, 6.45) is -6.47. The van der Waals surface area contributed by atoms with Gasteiger partial charge < -0.3 is 59.4 Å². The van der Waals surface area contributed by atoms with E-state index >= 15 is 0 Å². The zero-order valence-electron chi connectivity index (χ0n) is 21.0. The van der Waals surface area contributed by atoms with Gasteiger partial charge in [0.05, 0.1) is 34.0 Å². The molecule has 0 aromatic heterocycles. The van der Waals surface area contributed by atoms with Gasteiger partial charge in [-0.3, -0.25) is 0 Å². The number of rotatable bonds is 12. The van der Waals surface area contributed by atoms with Crippen LogP contribution in [0.25, 0.3) is 6.08 Å². The van der Waals surface area contributed by atoms with E-state index in [9.17, 15) is 30.6 Å². The maximum atomic E-state index is 11.0. The molecule has 0 bridgehead atoms. The van der Waals surface area contributed by atoms with Crippen LogP contribution in [0, 0.1) is 0 Å². The third-order valence-corrected chi connectivity index (χ3v) is 6.03. The summed E-state index contributed by atoms with van der Waals surface area (Å²) in [6.45, 7) is -1.26. The molecule has 0 saturated carbocycles. The number of benzene rings is 2. The molecule has 7 atom stereocenters. The molecule has 0 spiro atoms. The van der Waals surface area contributed by atoms with Crippen LogP contribution in [-0.2, 0) is 4.74 Å². The zero-order chi connectivity index (χ0) is 27.8. The molecule has 38 heavy (non-hydrogen) atoms. The van der Waals surface area contributed by atoms with Crippen molar-refractivity contribution in [2.75, 3.05) is 34.0 Å². The maximum Gasteiger partial charge on any atom is 0.229 e. The third kappa shape index (κ3) is 6.73. The smallest absolute Gasteiger partial charge is 0.229 e. The predicted molar refractivity (Wildman–Crippen MR) is 133 cm³/mol. The average molecular weight is 539 g/mol. The lowest BCUT2D eigenvalue weighted by molar-refractivity contribution is -0.277. The molecule has 0 unspecified atom stereocenters. The monoisotopic (exact) mass is 538 g/mol. The fourth-order valence-electron chi connectivity index (χ4n) is 3.91. The van der Waals surface area contributed by atoms with E-state index < -0.39 is 56.1 Å². The zero-order valence-corrected chi connectivity index (χ0v) is 21.0. The van der Waals surface area contributed by atoms with E-state index in [2.05, 4.69) is 0 Å². The van der Waals surface area contributed by atoms with Crippen molar-refractivity contribution in [3.8, 4) is 23.0 Å². The summed E-state index contributed by atoms with van der Waals surface area (Å²) < 4.78 is 27.6. The molecule has 1 fully saturated rings. The molecule has 2 aromatic carbocycles. The Morgan fingerprint density at radius 2 is 1.55 bits per heavy atom. The van der Waals surface area contributed by atoms with Crippen LogP contribution in [-0.4, -0.2) is 107 Å². The first-order valence-electron chi connectivity index (χ1n) is 11.8. The van der Waals surface area contributed by atoms with Crippen LogP contribution < -0.4 is 18.9 Å². The maximum absolute atomic E-state index is 11.0. The first-order valence-corrected chi connectivity index (χ1v) is 11.8. The Kier molecular flexibility index (Phi) is 10.7. The van der Waals surface area contributed by atoms with Crippen LogP contribution in [0.5, 0.6) is 23.0 Å². The molecule has 0 radical (unpaired) electrons. The Hall–Kier alpha value is -2.94. The topological polar surface area (TPSA) is 188 Å². The van der Waals surface area contributed by atoms with Crippen LogP contribution >= 0.6 is 0 Å². The van der Waals surface area contributed by atoms with Gasteiger partial charge in [-0.05, 0) is 35.4 Å². The van der Waals surface area contributed by atoms with Gasteiger partial charge in [0.15, 0.2) is 29.1 Å². The summed E-state index contributed by atoms with van der Waals surface area (Å²) >= 11 is 0. The van der Waals surface area contributed by atoms with Crippen molar-refractivity contribution in [3.05, 3.63) is 53.6 Å². The quantitative estimate of drug-likeness (QED) is 0.181. The molecule has 210 valence electrons. The highest BCUT2D eigenvalue weighted by Crippen LogP contribution is 2.36. The number of aliphatic hydroxyl groups excluding tert-OH is 7. The van der Waals surface area contributed by atoms with Gasteiger partial charge in [0.1, 0.15) is 30.5 Å².